The van der Waals surface area contributed by atoms with Gasteiger partial charge in [0.2, 0.25) is 0 Å². The quantitative estimate of drug-likeness (QED) is 0.723. The van der Waals surface area contributed by atoms with Gasteiger partial charge in [-0.3, -0.25) is 4.79 Å². The summed E-state index contributed by atoms with van der Waals surface area (Å²) in [5.41, 5.74) is 5.82. The van der Waals surface area contributed by atoms with Gasteiger partial charge < -0.3 is 11.1 Å². The first-order valence-electron chi connectivity index (χ1n) is 8.19. The number of rotatable bonds is 9. The summed E-state index contributed by atoms with van der Waals surface area (Å²) in [5.74, 6) is -0.0894. The molecule has 0 aliphatic carbocycles. The second-order valence-electron chi connectivity index (χ2n) is 5.84. The molecule has 6 heteroatoms. The molecule has 23 heavy (non-hydrogen) atoms. The molecule has 0 saturated heterocycles. The fraction of sp³-hybridized carbons (Fsp3) is 0.588. The molecule has 0 radical (unpaired) electrons. The molecule has 0 heterocycles. The molecule has 0 aliphatic heterocycles. The summed E-state index contributed by atoms with van der Waals surface area (Å²) < 4.78 is 24.2. The lowest BCUT2D eigenvalue weighted by molar-refractivity contribution is 0.0895. The van der Waals surface area contributed by atoms with E-state index in [2.05, 4.69) is 5.32 Å². The van der Waals surface area contributed by atoms with Crippen molar-refractivity contribution in [2.75, 3.05) is 12.3 Å². The second-order valence-corrected chi connectivity index (χ2v) is 7.95. The van der Waals surface area contributed by atoms with Crippen LogP contribution in [0.15, 0.2) is 29.2 Å². The molecular formula is C17H28N2O3S. The fourth-order valence-electron chi connectivity index (χ4n) is 2.35. The molecule has 3 N–H and O–H groups in total. The van der Waals surface area contributed by atoms with E-state index in [0.717, 1.165) is 19.3 Å². The Morgan fingerprint density at radius 1 is 1.13 bits per heavy atom. The van der Waals surface area contributed by atoms with Gasteiger partial charge in [-0.25, -0.2) is 8.42 Å². The van der Waals surface area contributed by atoms with Gasteiger partial charge in [-0.05, 0) is 43.5 Å². The molecule has 0 atom stereocenters. The van der Waals surface area contributed by atoms with Gasteiger partial charge in [-0.1, -0.05) is 27.2 Å². The first kappa shape index (κ1) is 19.6. The Morgan fingerprint density at radius 2 is 1.70 bits per heavy atom. The number of amides is 1. The van der Waals surface area contributed by atoms with E-state index in [9.17, 15) is 13.2 Å². The van der Waals surface area contributed by atoms with Crippen LogP contribution in [-0.4, -0.2) is 32.2 Å². The second kappa shape index (κ2) is 8.45. The normalized spacial score (nSPS) is 12.2. The van der Waals surface area contributed by atoms with Crippen LogP contribution in [0.1, 0.15) is 56.8 Å². The molecule has 1 rings (SSSR count). The maximum absolute atomic E-state index is 12.4. The van der Waals surface area contributed by atoms with Crippen LogP contribution in [0.3, 0.4) is 0 Å². The van der Waals surface area contributed by atoms with Gasteiger partial charge in [-0.15, -0.1) is 0 Å². The minimum absolute atomic E-state index is 0.136. The van der Waals surface area contributed by atoms with Crippen molar-refractivity contribution < 1.29 is 13.2 Å². The van der Waals surface area contributed by atoms with E-state index in [-0.39, 0.29) is 16.6 Å². The van der Waals surface area contributed by atoms with Crippen molar-refractivity contribution in [3.05, 3.63) is 29.8 Å². The molecule has 0 fully saturated rings. The largest absolute Gasteiger partial charge is 0.345 e. The predicted octanol–water partition coefficient (Wildman–Crippen LogP) is 2.51. The van der Waals surface area contributed by atoms with Crippen LogP contribution in [0.25, 0.3) is 0 Å². The van der Waals surface area contributed by atoms with E-state index in [1.165, 1.54) is 12.1 Å². The van der Waals surface area contributed by atoms with E-state index in [4.69, 9.17) is 5.73 Å². The summed E-state index contributed by atoms with van der Waals surface area (Å²) in [6, 6.07) is 6.12. The molecule has 1 aromatic rings. The van der Waals surface area contributed by atoms with Crippen molar-refractivity contribution >= 4 is 15.7 Å². The Labute approximate surface area is 139 Å². The van der Waals surface area contributed by atoms with Crippen LogP contribution < -0.4 is 11.1 Å². The maximum Gasteiger partial charge on any atom is 0.251 e. The Hall–Kier alpha value is -1.40. The third-order valence-electron chi connectivity index (χ3n) is 4.37. The van der Waals surface area contributed by atoms with Crippen molar-refractivity contribution in [2.45, 2.75) is 56.9 Å². The third kappa shape index (κ3) is 5.04. The van der Waals surface area contributed by atoms with Crippen LogP contribution >= 0.6 is 0 Å². The monoisotopic (exact) mass is 340 g/mol. The van der Waals surface area contributed by atoms with Crippen LogP contribution in [0.2, 0.25) is 0 Å². The molecule has 0 saturated carbocycles. The van der Waals surface area contributed by atoms with Gasteiger partial charge in [0.15, 0.2) is 9.84 Å². The number of carbonyl (C=O) groups is 1. The first-order valence-corrected chi connectivity index (χ1v) is 9.84. The van der Waals surface area contributed by atoms with Gasteiger partial charge in [0, 0.05) is 12.1 Å². The average molecular weight is 340 g/mol. The Bertz CT molecular complexity index is 597. The summed E-state index contributed by atoms with van der Waals surface area (Å²) in [7, 11) is -3.27. The molecule has 0 bridgehead atoms. The highest BCUT2D eigenvalue weighted by atomic mass is 32.2. The van der Waals surface area contributed by atoms with Gasteiger partial charge in [0.05, 0.1) is 16.2 Å². The maximum atomic E-state index is 12.4. The molecule has 1 amide bonds. The Kier molecular flexibility index (Phi) is 7.22. The van der Waals surface area contributed by atoms with Crippen molar-refractivity contribution in [1.29, 1.82) is 0 Å². The lowest BCUT2D eigenvalue weighted by Crippen LogP contribution is -2.52. The van der Waals surface area contributed by atoms with E-state index in [0.29, 0.717) is 18.5 Å². The summed E-state index contributed by atoms with van der Waals surface area (Å²) in [5, 5.41) is 2.97. The van der Waals surface area contributed by atoms with E-state index in [1.54, 1.807) is 12.1 Å². The average Bonchev–Trinajstić information content (AvgIpc) is 2.58. The van der Waals surface area contributed by atoms with Crippen LogP contribution in [-0.2, 0) is 9.84 Å². The summed E-state index contributed by atoms with van der Waals surface area (Å²) in [6.45, 7) is 6.30. The standard InChI is InChI=1S/C17H28N2O3S/c1-4-7-12-23(21,22)15-10-8-14(9-11-15)16(20)19-17(5-2,6-3)13-18/h8-11H,4-7,12-13,18H2,1-3H3,(H,19,20). The van der Waals surface area contributed by atoms with Crippen LogP contribution in [0.5, 0.6) is 0 Å². The molecule has 1 aromatic carbocycles. The Balaban J connectivity index is 2.90. The number of unbranched alkanes of at least 4 members (excludes halogenated alkanes) is 1. The van der Waals surface area contributed by atoms with E-state index in [1.807, 2.05) is 20.8 Å². The number of hydrogen-bond acceptors (Lipinski definition) is 4. The van der Waals surface area contributed by atoms with Gasteiger partial charge >= 0.3 is 0 Å². The zero-order valence-electron chi connectivity index (χ0n) is 14.3. The number of carbonyl (C=O) groups excluding carboxylic acids is 1. The smallest absolute Gasteiger partial charge is 0.251 e. The highest BCUT2D eigenvalue weighted by Gasteiger charge is 2.26. The predicted molar refractivity (Wildman–Crippen MR) is 93.2 cm³/mol. The Morgan fingerprint density at radius 3 is 2.13 bits per heavy atom. The summed E-state index contributed by atoms with van der Waals surface area (Å²) in [4.78, 5) is 12.6. The van der Waals surface area contributed by atoms with Gasteiger partial charge in [0.1, 0.15) is 0 Å². The lowest BCUT2D eigenvalue weighted by Gasteiger charge is -2.31. The highest BCUT2D eigenvalue weighted by molar-refractivity contribution is 7.91. The molecule has 0 unspecified atom stereocenters. The summed E-state index contributed by atoms with van der Waals surface area (Å²) in [6.07, 6.45) is 2.95. The zero-order chi connectivity index (χ0) is 17.5. The first-order chi connectivity index (χ1) is 10.8. The number of benzene rings is 1. The van der Waals surface area contributed by atoms with Crippen LogP contribution in [0.4, 0.5) is 0 Å². The number of nitrogens with one attached hydrogen (secondary N) is 1. The van der Waals surface area contributed by atoms with E-state index >= 15 is 0 Å². The summed E-state index contributed by atoms with van der Waals surface area (Å²) >= 11 is 0. The number of sulfone groups is 1. The molecule has 0 aliphatic rings. The topological polar surface area (TPSA) is 89.3 Å². The molecule has 130 valence electrons. The SMILES string of the molecule is CCCCS(=O)(=O)c1ccc(C(=O)NC(CC)(CC)CN)cc1. The fourth-order valence-corrected chi connectivity index (χ4v) is 3.80. The van der Waals surface area contributed by atoms with Crippen LogP contribution in [0, 0.1) is 0 Å². The number of nitrogens with two attached hydrogens (primary N) is 1. The van der Waals surface area contributed by atoms with Gasteiger partial charge in [-0.2, -0.15) is 0 Å². The molecular weight excluding hydrogens is 312 g/mol. The highest BCUT2D eigenvalue weighted by Crippen LogP contribution is 2.17. The van der Waals surface area contributed by atoms with Gasteiger partial charge in [0.25, 0.3) is 5.91 Å². The van der Waals surface area contributed by atoms with Crippen molar-refractivity contribution in [3.8, 4) is 0 Å². The lowest BCUT2D eigenvalue weighted by atomic mass is 9.92. The van der Waals surface area contributed by atoms with E-state index < -0.39 is 15.4 Å². The zero-order valence-corrected chi connectivity index (χ0v) is 15.1. The minimum Gasteiger partial charge on any atom is -0.345 e. The molecule has 0 spiro atoms. The van der Waals surface area contributed by atoms with Crippen molar-refractivity contribution in [2.24, 2.45) is 5.73 Å². The minimum atomic E-state index is -3.27. The third-order valence-corrected chi connectivity index (χ3v) is 6.18. The molecule has 0 aromatic heterocycles. The molecule has 5 nitrogen and oxygen atoms in total. The van der Waals surface area contributed by atoms with Crippen molar-refractivity contribution in [1.82, 2.24) is 5.32 Å². The van der Waals surface area contributed by atoms with Crippen molar-refractivity contribution in [3.63, 3.8) is 0 Å². The number of hydrogen-bond donors (Lipinski definition) is 2.